The maximum atomic E-state index is 6.03. The molecule has 0 saturated carbocycles. The van der Waals surface area contributed by atoms with E-state index in [4.69, 9.17) is 4.74 Å². The second-order valence-electron chi connectivity index (χ2n) is 8.57. The molecule has 2 aromatic heterocycles. The number of nitrogens with one attached hydrogen (secondary N) is 1. The quantitative estimate of drug-likeness (QED) is 0.452. The van der Waals surface area contributed by atoms with Crippen molar-refractivity contribution >= 4 is 47.9 Å². The van der Waals surface area contributed by atoms with Gasteiger partial charge >= 0.3 is 0 Å². The van der Waals surface area contributed by atoms with Gasteiger partial charge < -0.3 is 14.3 Å². The number of aromatic nitrogens is 2. The monoisotopic (exact) mass is 418 g/mol. The Morgan fingerprint density at radius 2 is 1.16 bits per heavy atom. The Balaban J connectivity index is 1.53. The molecule has 3 aromatic carbocycles. The van der Waals surface area contributed by atoms with E-state index in [1.807, 2.05) is 36.4 Å². The fourth-order valence-corrected chi connectivity index (χ4v) is 4.33. The summed E-state index contributed by atoms with van der Waals surface area (Å²) >= 11 is 0. The third-order valence-corrected chi connectivity index (χ3v) is 6.15. The molecule has 0 aliphatic carbocycles. The van der Waals surface area contributed by atoms with Gasteiger partial charge in [-0.3, -0.25) is 0 Å². The van der Waals surface area contributed by atoms with Gasteiger partial charge in [0, 0.05) is 48.6 Å². The summed E-state index contributed by atoms with van der Waals surface area (Å²) in [7, 11) is 0. The molecule has 5 aromatic rings. The normalized spacial score (nSPS) is 11.6. The van der Waals surface area contributed by atoms with E-state index in [2.05, 4.69) is 74.0 Å². The van der Waals surface area contributed by atoms with E-state index in [0.29, 0.717) is 5.92 Å². The lowest BCUT2D eigenvalue weighted by molar-refractivity contribution is 0.482. The molecule has 3 heteroatoms. The average Bonchev–Trinajstić information content (AvgIpc) is 3.20. The summed E-state index contributed by atoms with van der Waals surface area (Å²) in [6.07, 6.45) is 0. The lowest BCUT2D eigenvalue weighted by Gasteiger charge is -2.10. The molecule has 2 heterocycles. The zero-order valence-electron chi connectivity index (χ0n) is 18.5. The van der Waals surface area contributed by atoms with E-state index < -0.39 is 0 Å². The van der Waals surface area contributed by atoms with E-state index in [0.717, 1.165) is 60.1 Å². The van der Waals surface area contributed by atoms with Crippen LogP contribution in [0.5, 0.6) is 11.5 Å². The number of ether oxygens (including phenoxy) is 1. The summed E-state index contributed by atoms with van der Waals surface area (Å²) in [5, 5.41) is 7.80. The van der Waals surface area contributed by atoms with Crippen LogP contribution < -0.4 is 26.1 Å². The maximum Gasteiger partial charge on any atom is 0.127 e. The predicted octanol–water partition coefficient (Wildman–Crippen LogP) is 4.67. The number of hydrogen-bond donors (Lipinski definition) is 1. The van der Waals surface area contributed by atoms with Crippen LogP contribution in [0.2, 0.25) is 0 Å². The van der Waals surface area contributed by atoms with E-state index >= 15 is 0 Å². The van der Waals surface area contributed by atoms with Crippen molar-refractivity contribution in [2.75, 3.05) is 0 Å². The Bertz CT molecular complexity index is 1590. The molecule has 0 aliphatic heterocycles. The highest BCUT2D eigenvalue weighted by Crippen LogP contribution is 2.25. The van der Waals surface area contributed by atoms with Crippen molar-refractivity contribution in [3.8, 4) is 17.2 Å². The third-order valence-electron chi connectivity index (χ3n) is 6.15. The Kier molecular flexibility index (Phi) is 4.56. The number of nitrogens with zero attached hydrogens (tertiary/aromatic N) is 1. The van der Waals surface area contributed by atoms with Gasteiger partial charge in [-0.1, -0.05) is 52.3 Å². The van der Waals surface area contributed by atoms with Crippen LogP contribution in [-0.4, -0.2) is 9.55 Å². The fraction of sp³-hybridized carbons (Fsp3) is 0.103. The highest BCUT2D eigenvalue weighted by molar-refractivity contribution is 5.99. The molecule has 0 aliphatic rings. The summed E-state index contributed by atoms with van der Waals surface area (Å²) < 4.78 is 8.12. The Hall–Kier alpha value is -3.98. The first-order chi connectivity index (χ1) is 15.3. The van der Waals surface area contributed by atoms with Crippen LogP contribution in [0.25, 0.3) is 53.5 Å². The molecular formula is C29H26N2O. The molecule has 158 valence electrons. The molecule has 32 heavy (non-hydrogen) atoms. The highest BCUT2D eigenvalue weighted by atomic mass is 16.5. The summed E-state index contributed by atoms with van der Waals surface area (Å²) in [5.41, 5.74) is 2.29. The topological polar surface area (TPSA) is 29.9 Å². The molecule has 0 unspecified atom stereocenters. The Morgan fingerprint density at radius 3 is 1.62 bits per heavy atom. The van der Waals surface area contributed by atoms with Crippen LogP contribution in [0.4, 0.5) is 0 Å². The van der Waals surface area contributed by atoms with Crippen molar-refractivity contribution in [2.24, 2.45) is 0 Å². The molecule has 0 saturated heterocycles. The summed E-state index contributed by atoms with van der Waals surface area (Å²) in [4.78, 5) is 3.22. The number of rotatable bonds is 4. The van der Waals surface area contributed by atoms with Crippen LogP contribution in [0.15, 0.2) is 60.7 Å². The van der Waals surface area contributed by atoms with E-state index in [9.17, 15) is 0 Å². The highest BCUT2D eigenvalue weighted by Gasteiger charge is 2.10. The molecule has 5 rings (SSSR count). The van der Waals surface area contributed by atoms with E-state index in [-0.39, 0.29) is 0 Å². The van der Waals surface area contributed by atoms with Crippen molar-refractivity contribution in [1.29, 1.82) is 0 Å². The molecule has 0 atom stereocenters. The van der Waals surface area contributed by atoms with Crippen molar-refractivity contribution in [1.82, 2.24) is 9.55 Å². The van der Waals surface area contributed by atoms with Gasteiger partial charge in [-0.05, 0) is 60.0 Å². The SMILES string of the molecule is C=c1[nH]c(=C)c2cc3c(=C)n(-c4ccc(Oc5ccc(C(C)C)cc5)cc4)c(=C)c3cc12. The van der Waals surface area contributed by atoms with Crippen LogP contribution in [-0.2, 0) is 0 Å². The molecule has 0 fully saturated rings. The van der Waals surface area contributed by atoms with Gasteiger partial charge in [0.15, 0.2) is 0 Å². The standard InChI is InChI=1S/C29H26N2O/c1-17(2)22-7-11-24(12-8-22)32-25-13-9-23(10-14-25)31-20(5)28-15-26-18(3)30-19(4)27(26)16-29(28)21(31)6/h7-17,30H,3-6H2,1-2H3. The first-order valence-electron chi connectivity index (χ1n) is 10.7. The second-order valence-corrected chi connectivity index (χ2v) is 8.57. The number of benzene rings is 3. The number of aromatic amines is 1. The zero-order chi connectivity index (χ0) is 22.6. The minimum absolute atomic E-state index is 0.502. The average molecular weight is 419 g/mol. The molecule has 0 amide bonds. The van der Waals surface area contributed by atoms with Gasteiger partial charge in [0.25, 0.3) is 0 Å². The summed E-state index contributed by atoms with van der Waals surface area (Å²) in [6, 6.07) is 20.5. The lowest BCUT2D eigenvalue weighted by Crippen LogP contribution is -2.22. The van der Waals surface area contributed by atoms with Gasteiger partial charge in [0.05, 0.1) is 0 Å². The first kappa shape index (κ1) is 20.0. The minimum Gasteiger partial charge on any atom is -0.457 e. The summed E-state index contributed by atoms with van der Waals surface area (Å²) in [6.45, 7) is 21.3. The maximum absolute atomic E-state index is 6.03. The van der Waals surface area contributed by atoms with Gasteiger partial charge in [-0.25, -0.2) is 0 Å². The Labute approximate surface area is 186 Å². The second kappa shape index (κ2) is 7.31. The molecule has 3 nitrogen and oxygen atoms in total. The molecule has 0 spiro atoms. The zero-order valence-corrected chi connectivity index (χ0v) is 18.5. The fourth-order valence-electron chi connectivity index (χ4n) is 4.33. The Morgan fingerprint density at radius 1 is 0.688 bits per heavy atom. The van der Waals surface area contributed by atoms with E-state index in [1.54, 1.807) is 0 Å². The lowest BCUT2D eigenvalue weighted by atomic mass is 10.0. The van der Waals surface area contributed by atoms with Crippen LogP contribution in [0.1, 0.15) is 25.3 Å². The van der Waals surface area contributed by atoms with Crippen molar-refractivity contribution in [3.05, 3.63) is 87.6 Å². The van der Waals surface area contributed by atoms with Crippen molar-refractivity contribution in [3.63, 3.8) is 0 Å². The van der Waals surface area contributed by atoms with Crippen LogP contribution in [0.3, 0.4) is 0 Å². The molecule has 0 radical (unpaired) electrons. The predicted molar refractivity (Wildman–Crippen MR) is 136 cm³/mol. The molecular weight excluding hydrogens is 392 g/mol. The van der Waals surface area contributed by atoms with Gasteiger partial charge in [0.2, 0.25) is 0 Å². The smallest absolute Gasteiger partial charge is 0.127 e. The number of fused-ring (bicyclic) bond motifs is 2. The van der Waals surface area contributed by atoms with Crippen LogP contribution in [0, 0.1) is 0 Å². The van der Waals surface area contributed by atoms with Gasteiger partial charge in [-0.15, -0.1) is 0 Å². The third kappa shape index (κ3) is 3.14. The number of hydrogen-bond acceptors (Lipinski definition) is 1. The van der Waals surface area contributed by atoms with Crippen molar-refractivity contribution in [2.45, 2.75) is 19.8 Å². The van der Waals surface area contributed by atoms with Crippen LogP contribution >= 0.6 is 0 Å². The van der Waals surface area contributed by atoms with E-state index in [1.165, 1.54) is 5.56 Å². The van der Waals surface area contributed by atoms with Crippen molar-refractivity contribution < 1.29 is 4.74 Å². The molecule has 1 N–H and O–H groups in total. The van der Waals surface area contributed by atoms with Gasteiger partial charge in [0.1, 0.15) is 11.5 Å². The molecule has 0 bridgehead atoms. The first-order valence-corrected chi connectivity index (χ1v) is 10.7. The minimum atomic E-state index is 0.502. The summed E-state index contributed by atoms with van der Waals surface area (Å²) in [5.74, 6) is 2.12. The number of H-pyrrole nitrogens is 1. The largest absolute Gasteiger partial charge is 0.457 e. The van der Waals surface area contributed by atoms with Gasteiger partial charge in [-0.2, -0.15) is 0 Å².